The van der Waals surface area contributed by atoms with Gasteiger partial charge in [0.15, 0.2) is 11.5 Å². The summed E-state index contributed by atoms with van der Waals surface area (Å²) in [6, 6.07) is 12.4. The van der Waals surface area contributed by atoms with Crippen molar-refractivity contribution >= 4 is 17.8 Å². The topological polar surface area (TPSA) is 82.1 Å². The molecular formula is C22H25NO6. The summed E-state index contributed by atoms with van der Waals surface area (Å²) in [6.45, 7) is 5.03. The van der Waals surface area contributed by atoms with Gasteiger partial charge in [-0.05, 0) is 41.8 Å². The predicted molar refractivity (Wildman–Crippen MR) is 107 cm³/mol. The first kappa shape index (κ1) is 21.9. The molecule has 0 aliphatic carbocycles. The van der Waals surface area contributed by atoms with E-state index in [-0.39, 0.29) is 5.91 Å². The van der Waals surface area contributed by atoms with Gasteiger partial charge in [0.1, 0.15) is 5.75 Å². The zero-order valence-electron chi connectivity index (χ0n) is 17.1. The Morgan fingerprint density at radius 2 is 1.59 bits per heavy atom. The van der Waals surface area contributed by atoms with Crippen LogP contribution in [0.25, 0.3) is 0 Å². The SMILES string of the molecule is COc1ccc(CCN(Cc2cccc(OC(C)=O)c2)C(C)=O)cc1OC(C)=O. The fourth-order valence-corrected chi connectivity index (χ4v) is 2.82. The lowest BCUT2D eigenvalue weighted by Crippen LogP contribution is -2.30. The van der Waals surface area contributed by atoms with Crippen molar-refractivity contribution in [2.45, 2.75) is 33.7 Å². The normalized spacial score (nSPS) is 10.2. The molecule has 1 amide bonds. The Kier molecular flexibility index (Phi) is 7.77. The van der Waals surface area contributed by atoms with Crippen molar-refractivity contribution in [1.29, 1.82) is 0 Å². The number of hydrogen-bond donors (Lipinski definition) is 0. The van der Waals surface area contributed by atoms with Gasteiger partial charge in [0.25, 0.3) is 0 Å². The molecule has 7 heteroatoms. The van der Waals surface area contributed by atoms with Crippen LogP contribution in [-0.2, 0) is 27.3 Å². The number of benzene rings is 2. The lowest BCUT2D eigenvalue weighted by molar-refractivity contribution is -0.132. The van der Waals surface area contributed by atoms with Gasteiger partial charge in [-0.1, -0.05) is 18.2 Å². The minimum atomic E-state index is -0.432. The summed E-state index contributed by atoms with van der Waals surface area (Å²) in [4.78, 5) is 36.2. The molecule has 0 saturated carbocycles. The standard InChI is InChI=1S/C22H25NO6/c1-15(24)23(14-19-6-5-7-20(12-19)28-16(2)25)11-10-18-8-9-21(27-4)22(13-18)29-17(3)26/h5-9,12-13H,10-11,14H2,1-4H3. The molecule has 0 fully saturated rings. The molecule has 154 valence electrons. The first-order valence-corrected chi connectivity index (χ1v) is 9.16. The maximum absolute atomic E-state index is 12.1. The zero-order valence-corrected chi connectivity index (χ0v) is 17.1. The number of rotatable bonds is 8. The summed E-state index contributed by atoms with van der Waals surface area (Å²) in [5, 5.41) is 0. The highest BCUT2D eigenvalue weighted by Crippen LogP contribution is 2.28. The van der Waals surface area contributed by atoms with Gasteiger partial charge >= 0.3 is 11.9 Å². The highest BCUT2D eigenvalue weighted by Gasteiger charge is 2.13. The Balaban J connectivity index is 2.09. The third kappa shape index (κ3) is 6.95. The number of carbonyl (C=O) groups is 3. The molecular weight excluding hydrogens is 374 g/mol. The molecule has 0 heterocycles. The summed E-state index contributed by atoms with van der Waals surface area (Å²) in [5.74, 6) is 0.360. The molecule has 0 unspecified atom stereocenters. The minimum absolute atomic E-state index is 0.0726. The lowest BCUT2D eigenvalue weighted by Gasteiger charge is -2.22. The van der Waals surface area contributed by atoms with Gasteiger partial charge in [0.05, 0.1) is 7.11 Å². The first-order valence-electron chi connectivity index (χ1n) is 9.16. The number of esters is 2. The molecule has 0 aliphatic heterocycles. The lowest BCUT2D eigenvalue weighted by atomic mass is 10.1. The van der Waals surface area contributed by atoms with Crippen LogP contribution in [0.3, 0.4) is 0 Å². The highest BCUT2D eigenvalue weighted by atomic mass is 16.6. The van der Waals surface area contributed by atoms with Gasteiger partial charge < -0.3 is 19.1 Å². The maximum Gasteiger partial charge on any atom is 0.308 e. The quantitative estimate of drug-likeness (QED) is 0.501. The van der Waals surface area contributed by atoms with Crippen molar-refractivity contribution in [3.63, 3.8) is 0 Å². The second-order valence-corrected chi connectivity index (χ2v) is 6.51. The second kappa shape index (κ2) is 10.3. The van der Waals surface area contributed by atoms with E-state index in [9.17, 15) is 14.4 Å². The van der Waals surface area contributed by atoms with Crippen LogP contribution in [0.1, 0.15) is 31.9 Å². The van der Waals surface area contributed by atoms with E-state index >= 15 is 0 Å². The van der Waals surface area contributed by atoms with Crippen LogP contribution >= 0.6 is 0 Å². The van der Waals surface area contributed by atoms with Gasteiger partial charge in [-0.3, -0.25) is 14.4 Å². The third-order valence-electron chi connectivity index (χ3n) is 4.13. The first-order chi connectivity index (χ1) is 13.8. The average molecular weight is 399 g/mol. The Morgan fingerprint density at radius 1 is 0.862 bits per heavy atom. The van der Waals surface area contributed by atoms with Crippen molar-refractivity contribution in [2.24, 2.45) is 0 Å². The molecule has 0 bridgehead atoms. The summed E-state index contributed by atoms with van der Waals surface area (Å²) in [5.41, 5.74) is 1.76. The molecule has 0 N–H and O–H groups in total. The van der Waals surface area contributed by atoms with Crippen LogP contribution in [0, 0.1) is 0 Å². The minimum Gasteiger partial charge on any atom is -0.493 e. The van der Waals surface area contributed by atoms with E-state index in [1.54, 1.807) is 35.2 Å². The highest BCUT2D eigenvalue weighted by molar-refractivity contribution is 5.73. The molecule has 0 aromatic heterocycles. The van der Waals surface area contributed by atoms with E-state index in [4.69, 9.17) is 14.2 Å². The molecule has 7 nitrogen and oxygen atoms in total. The van der Waals surface area contributed by atoms with Crippen molar-refractivity contribution < 1.29 is 28.6 Å². The largest absolute Gasteiger partial charge is 0.493 e. The smallest absolute Gasteiger partial charge is 0.308 e. The average Bonchev–Trinajstić information content (AvgIpc) is 2.64. The summed E-state index contributed by atoms with van der Waals surface area (Å²) < 4.78 is 15.5. The Bertz CT molecular complexity index is 893. The molecule has 2 rings (SSSR count). The molecule has 2 aromatic carbocycles. The van der Waals surface area contributed by atoms with Crippen LogP contribution < -0.4 is 14.2 Å². The van der Waals surface area contributed by atoms with Crippen molar-refractivity contribution in [2.75, 3.05) is 13.7 Å². The van der Waals surface area contributed by atoms with Gasteiger partial charge in [-0.15, -0.1) is 0 Å². The van der Waals surface area contributed by atoms with Crippen LogP contribution in [0.15, 0.2) is 42.5 Å². The monoisotopic (exact) mass is 399 g/mol. The van der Waals surface area contributed by atoms with E-state index < -0.39 is 11.9 Å². The maximum atomic E-state index is 12.1. The Hall–Kier alpha value is -3.35. The fourth-order valence-electron chi connectivity index (χ4n) is 2.82. The molecule has 2 aromatic rings. The van der Waals surface area contributed by atoms with E-state index in [0.717, 1.165) is 11.1 Å². The van der Waals surface area contributed by atoms with Crippen molar-refractivity contribution in [3.05, 3.63) is 53.6 Å². The van der Waals surface area contributed by atoms with E-state index in [1.165, 1.54) is 27.9 Å². The van der Waals surface area contributed by atoms with Gasteiger partial charge in [0.2, 0.25) is 5.91 Å². The molecule has 0 radical (unpaired) electrons. The van der Waals surface area contributed by atoms with Crippen LogP contribution in [0.2, 0.25) is 0 Å². The summed E-state index contributed by atoms with van der Waals surface area (Å²) in [6.07, 6.45) is 0.571. The van der Waals surface area contributed by atoms with Gasteiger partial charge in [0, 0.05) is 33.9 Å². The van der Waals surface area contributed by atoms with Crippen LogP contribution in [0.5, 0.6) is 17.2 Å². The molecule has 0 aliphatic rings. The number of hydrogen-bond acceptors (Lipinski definition) is 6. The van der Waals surface area contributed by atoms with Crippen molar-refractivity contribution in [3.8, 4) is 17.2 Å². The predicted octanol–water partition coefficient (Wildman–Crippen LogP) is 3.14. The Labute approximate surface area is 170 Å². The molecule has 29 heavy (non-hydrogen) atoms. The summed E-state index contributed by atoms with van der Waals surface area (Å²) >= 11 is 0. The number of nitrogens with zero attached hydrogens (tertiary/aromatic N) is 1. The third-order valence-corrected chi connectivity index (χ3v) is 4.13. The molecule has 0 atom stereocenters. The number of ether oxygens (including phenoxy) is 3. The summed E-state index contributed by atoms with van der Waals surface area (Å²) in [7, 11) is 1.50. The van der Waals surface area contributed by atoms with E-state index in [2.05, 4.69) is 0 Å². The zero-order chi connectivity index (χ0) is 21.4. The van der Waals surface area contributed by atoms with Crippen molar-refractivity contribution in [1.82, 2.24) is 4.90 Å². The molecule has 0 spiro atoms. The second-order valence-electron chi connectivity index (χ2n) is 6.51. The Morgan fingerprint density at radius 3 is 2.21 bits per heavy atom. The van der Waals surface area contributed by atoms with Gasteiger partial charge in [-0.2, -0.15) is 0 Å². The van der Waals surface area contributed by atoms with E-state index in [0.29, 0.717) is 36.8 Å². The van der Waals surface area contributed by atoms with Crippen LogP contribution in [-0.4, -0.2) is 36.4 Å². The number of carbonyl (C=O) groups excluding carboxylic acids is 3. The van der Waals surface area contributed by atoms with Crippen LogP contribution in [0.4, 0.5) is 0 Å². The molecule has 0 saturated heterocycles. The number of methoxy groups -OCH3 is 1. The fraction of sp³-hybridized carbons (Fsp3) is 0.318. The van der Waals surface area contributed by atoms with Gasteiger partial charge in [-0.25, -0.2) is 0 Å². The van der Waals surface area contributed by atoms with E-state index in [1.807, 2.05) is 12.1 Å². The number of amides is 1.